The van der Waals surface area contributed by atoms with Crippen LogP contribution in [0.1, 0.15) is 21.6 Å². The molecule has 1 amide bonds. The van der Waals surface area contributed by atoms with Crippen LogP contribution in [0, 0.1) is 19.7 Å². The topological polar surface area (TPSA) is 91.1 Å². The first kappa shape index (κ1) is 20.6. The maximum atomic E-state index is 13.8. The van der Waals surface area contributed by atoms with Gasteiger partial charge in [-0.15, -0.1) is 0 Å². The fourth-order valence-corrected chi connectivity index (χ4v) is 4.41. The van der Waals surface area contributed by atoms with Crippen molar-refractivity contribution >= 4 is 38.2 Å². The number of aryl methyl sites for hydroxylation is 2. The molecule has 0 saturated carbocycles. The number of benzene rings is 3. The number of amides is 1. The van der Waals surface area contributed by atoms with Gasteiger partial charge in [0.15, 0.2) is 0 Å². The second-order valence-corrected chi connectivity index (χ2v) is 8.89. The van der Waals surface area contributed by atoms with Gasteiger partial charge in [-0.05, 0) is 67.9 Å². The summed E-state index contributed by atoms with van der Waals surface area (Å²) >= 11 is 0. The van der Waals surface area contributed by atoms with Gasteiger partial charge in [-0.25, -0.2) is 12.8 Å². The predicted molar refractivity (Wildman–Crippen MR) is 119 cm³/mol. The highest BCUT2D eigenvalue weighted by molar-refractivity contribution is 7.92. The number of aromatic nitrogens is 1. The van der Waals surface area contributed by atoms with Crippen LogP contribution in [0.3, 0.4) is 0 Å². The predicted octanol–water partition coefficient (Wildman–Crippen LogP) is 4.98. The molecule has 8 heteroatoms. The molecule has 3 N–H and O–H groups in total. The van der Waals surface area contributed by atoms with E-state index in [0.29, 0.717) is 11.3 Å². The summed E-state index contributed by atoms with van der Waals surface area (Å²) in [4.78, 5) is 15.9. The van der Waals surface area contributed by atoms with E-state index in [4.69, 9.17) is 0 Å². The Hall–Kier alpha value is -3.65. The fourth-order valence-electron chi connectivity index (χ4n) is 3.29. The molecule has 0 spiro atoms. The largest absolute Gasteiger partial charge is 0.358 e. The van der Waals surface area contributed by atoms with E-state index in [1.165, 1.54) is 42.5 Å². The summed E-state index contributed by atoms with van der Waals surface area (Å²) in [6.45, 7) is 3.95. The lowest BCUT2D eigenvalue weighted by Crippen LogP contribution is -2.15. The van der Waals surface area contributed by atoms with E-state index in [1.807, 2.05) is 19.9 Å². The maximum absolute atomic E-state index is 13.8. The summed E-state index contributed by atoms with van der Waals surface area (Å²) < 4.78 is 41.4. The van der Waals surface area contributed by atoms with Crippen molar-refractivity contribution in [3.63, 3.8) is 0 Å². The molecular weight excluding hydrogens is 417 g/mol. The zero-order chi connectivity index (χ0) is 22.2. The van der Waals surface area contributed by atoms with Crippen molar-refractivity contribution in [2.75, 3.05) is 10.0 Å². The number of sulfonamides is 1. The summed E-state index contributed by atoms with van der Waals surface area (Å²) in [6.07, 6.45) is 0. The van der Waals surface area contributed by atoms with Gasteiger partial charge in [0.05, 0.1) is 10.6 Å². The third-order valence-electron chi connectivity index (χ3n) is 5.09. The zero-order valence-electron chi connectivity index (χ0n) is 16.9. The number of carbonyl (C=O) groups is 1. The number of rotatable bonds is 5. The van der Waals surface area contributed by atoms with Crippen LogP contribution >= 0.6 is 0 Å². The van der Waals surface area contributed by atoms with Gasteiger partial charge in [-0.1, -0.05) is 18.2 Å². The van der Waals surface area contributed by atoms with E-state index in [9.17, 15) is 17.6 Å². The number of H-pyrrole nitrogens is 1. The van der Waals surface area contributed by atoms with Crippen molar-refractivity contribution in [2.24, 2.45) is 0 Å². The van der Waals surface area contributed by atoms with Crippen LogP contribution in [0.2, 0.25) is 0 Å². The summed E-state index contributed by atoms with van der Waals surface area (Å²) in [5, 5.41) is 3.68. The fraction of sp³-hybridized carbons (Fsp3) is 0.0870. The minimum absolute atomic E-state index is 0.0962. The van der Waals surface area contributed by atoms with E-state index in [1.54, 1.807) is 18.2 Å². The average molecular weight is 437 g/mol. The van der Waals surface area contributed by atoms with Crippen molar-refractivity contribution in [3.05, 3.63) is 89.4 Å². The van der Waals surface area contributed by atoms with Crippen LogP contribution in [-0.4, -0.2) is 19.3 Å². The van der Waals surface area contributed by atoms with Gasteiger partial charge in [-0.3, -0.25) is 9.52 Å². The van der Waals surface area contributed by atoms with Gasteiger partial charge in [0.1, 0.15) is 5.82 Å². The molecule has 0 radical (unpaired) electrons. The number of nitrogens with one attached hydrogen (secondary N) is 3. The standard InChI is InChI=1S/C23H20FN3O3S/c1-14-15(2)25-21-11-10-16(12-19(14)21)23(28)26-17-6-5-7-18(13-17)31(29,30)27-22-9-4-3-8-20(22)24/h3-13,25,27H,1-2H3,(H,26,28). The molecule has 4 rings (SSSR count). The number of carbonyl (C=O) groups excluding carboxylic acids is 1. The van der Waals surface area contributed by atoms with Gasteiger partial charge in [-0.2, -0.15) is 0 Å². The summed E-state index contributed by atoms with van der Waals surface area (Å²) in [6, 6.07) is 16.6. The maximum Gasteiger partial charge on any atom is 0.262 e. The SMILES string of the molecule is Cc1[nH]c2ccc(C(=O)Nc3cccc(S(=O)(=O)Nc4ccccc4F)c3)cc2c1C. The number of hydrogen-bond donors (Lipinski definition) is 3. The van der Waals surface area contributed by atoms with Gasteiger partial charge in [0.25, 0.3) is 15.9 Å². The highest BCUT2D eigenvalue weighted by Gasteiger charge is 2.17. The highest BCUT2D eigenvalue weighted by Crippen LogP contribution is 2.24. The summed E-state index contributed by atoms with van der Waals surface area (Å²) in [5.41, 5.74) is 3.65. The lowest BCUT2D eigenvalue weighted by atomic mass is 10.1. The number of para-hydroxylation sites is 1. The smallest absolute Gasteiger partial charge is 0.262 e. The van der Waals surface area contributed by atoms with Crippen LogP contribution in [0.4, 0.5) is 15.8 Å². The number of fused-ring (bicyclic) bond motifs is 1. The summed E-state index contributed by atoms with van der Waals surface area (Å²) in [5.74, 6) is -1.04. The Kier molecular flexibility index (Phi) is 5.24. The molecule has 0 unspecified atom stereocenters. The van der Waals surface area contributed by atoms with Gasteiger partial charge in [0.2, 0.25) is 0 Å². The van der Waals surface area contributed by atoms with E-state index in [2.05, 4.69) is 15.0 Å². The van der Waals surface area contributed by atoms with Gasteiger partial charge < -0.3 is 10.3 Å². The second kappa shape index (κ2) is 7.88. The Balaban J connectivity index is 1.58. The zero-order valence-corrected chi connectivity index (χ0v) is 17.7. The van der Waals surface area contributed by atoms with Crippen LogP contribution < -0.4 is 10.0 Å². The lowest BCUT2D eigenvalue weighted by molar-refractivity contribution is 0.102. The molecule has 31 heavy (non-hydrogen) atoms. The van der Waals surface area contributed by atoms with Crippen LogP contribution in [0.25, 0.3) is 10.9 Å². The van der Waals surface area contributed by atoms with E-state index in [0.717, 1.165) is 22.2 Å². The molecule has 1 heterocycles. The molecule has 0 aliphatic rings. The Morgan fingerprint density at radius 1 is 0.968 bits per heavy atom. The quantitative estimate of drug-likeness (QED) is 0.411. The molecule has 0 atom stereocenters. The first-order valence-corrected chi connectivity index (χ1v) is 11.0. The number of aromatic amines is 1. The molecule has 4 aromatic rings. The Morgan fingerprint density at radius 2 is 1.74 bits per heavy atom. The molecule has 6 nitrogen and oxygen atoms in total. The van der Waals surface area contributed by atoms with E-state index >= 15 is 0 Å². The normalized spacial score (nSPS) is 11.5. The molecule has 3 aromatic carbocycles. The van der Waals surface area contributed by atoms with Gasteiger partial charge >= 0.3 is 0 Å². The Morgan fingerprint density at radius 3 is 2.52 bits per heavy atom. The molecule has 0 aliphatic heterocycles. The average Bonchev–Trinajstić information content (AvgIpc) is 3.03. The Labute approximate surface area is 179 Å². The number of hydrogen-bond acceptors (Lipinski definition) is 3. The molecule has 0 aliphatic carbocycles. The molecular formula is C23H20FN3O3S. The van der Waals surface area contributed by atoms with E-state index < -0.39 is 15.8 Å². The Bertz CT molecular complexity index is 1410. The molecule has 158 valence electrons. The first-order chi connectivity index (χ1) is 14.7. The lowest BCUT2D eigenvalue weighted by Gasteiger charge is -2.11. The molecule has 0 saturated heterocycles. The highest BCUT2D eigenvalue weighted by atomic mass is 32.2. The van der Waals surface area contributed by atoms with Crippen LogP contribution in [-0.2, 0) is 10.0 Å². The van der Waals surface area contributed by atoms with Crippen molar-refractivity contribution in [1.29, 1.82) is 0 Å². The third kappa shape index (κ3) is 4.15. The third-order valence-corrected chi connectivity index (χ3v) is 6.45. The number of halogens is 1. The molecule has 1 aromatic heterocycles. The number of anilines is 2. The van der Waals surface area contributed by atoms with Crippen molar-refractivity contribution in [1.82, 2.24) is 4.98 Å². The van der Waals surface area contributed by atoms with Gasteiger partial charge in [0, 0.05) is 27.8 Å². The van der Waals surface area contributed by atoms with Crippen LogP contribution in [0.15, 0.2) is 71.6 Å². The molecule has 0 fully saturated rings. The van der Waals surface area contributed by atoms with Crippen molar-refractivity contribution in [2.45, 2.75) is 18.7 Å². The molecule has 0 bridgehead atoms. The van der Waals surface area contributed by atoms with Crippen molar-refractivity contribution < 1.29 is 17.6 Å². The minimum Gasteiger partial charge on any atom is -0.358 e. The van der Waals surface area contributed by atoms with E-state index in [-0.39, 0.29) is 16.5 Å². The second-order valence-electron chi connectivity index (χ2n) is 7.20. The first-order valence-electron chi connectivity index (χ1n) is 9.52. The van der Waals surface area contributed by atoms with Crippen LogP contribution in [0.5, 0.6) is 0 Å². The minimum atomic E-state index is -4.04. The monoisotopic (exact) mass is 437 g/mol. The summed E-state index contributed by atoms with van der Waals surface area (Å²) in [7, 11) is -4.04. The van der Waals surface area contributed by atoms with Crippen molar-refractivity contribution in [3.8, 4) is 0 Å².